The molecule has 0 unspecified atom stereocenters. The lowest BCUT2D eigenvalue weighted by atomic mass is 9.86. The van der Waals surface area contributed by atoms with E-state index in [-0.39, 0.29) is 73.1 Å². The van der Waals surface area contributed by atoms with Gasteiger partial charge in [0, 0.05) is 75.4 Å². The van der Waals surface area contributed by atoms with Crippen LogP contribution in [0.5, 0.6) is 0 Å². The number of benzene rings is 2. The molecular formula is C74H110N16O18. The van der Waals surface area contributed by atoms with Gasteiger partial charge in [-0.05, 0) is 97.6 Å². The molecule has 16 N–H and O–H groups in total. The lowest BCUT2D eigenvalue weighted by Gasteiger charge is -2.42. The number of hydrogen-bond acceptors (Lipinski definition) is 22. The number of aliphatic hydroxyl groups excluding tert-OH is 4. The molecule has 594 valence electrons. The zero-order chi connectivity index (χ0) is 79.7. The van der Waals surface area contributed by atoms with Crippen molar-refractivity contribution in [3.8, 4) is 11.1 Å². The zero-order valence-electron chi connectivity index (χ0n) is 64.2. The molecule has 0 spiro atoms. The van der Waals surface area contributed by atoms with E-state index in [2.05, 4.69) is 53.4 Å². The summed E-state index contributed by atoms with van der Waals surface area (Å²) in [6.45, 7) is 22.7. The van der Waals surface area contributed by atoms with Crippen molar-refractivity contribution < 1.29 is 88.2 Å². The van der Waals surface area contributed by atoms with E-state index in [1.165, 1.54) is 37.7 Å². The van der Waals surface area contributed by atoms with Crippen LogP contribution in [-0.2, 0) is 68.7 Å². The summed E-state index contributed by atoms with van der Waals surface area (Å²) in [6, 6.07) is -8.23. The highest BCUT2D eigenvalue weighted by molar-refractivity contribution is 6.02. The van der Waals surface area contributed by atoms with Crippen LogP contribution in [0.4, 0.5) is 11.4 Å². The molecule has 0 radical (unpaired) electrons. The summed E-state index contributed by atoms with van der Waals surface area (Å²) in [5.41, 5.74) is 2.92. The lowest BCUT2D eigenvalue weighted by molar-refractivity contribution is -0.159. The molecule has 0 saturated carbocycles. The molecule has 12 amide bonds. The normalized spacial score (nSPS) is 33.5. The SMILES string of the molecule is CC(C)C[C@@H]1NC(=O)[C@H]2C[C@@H](O)CNN2C(=O)[C@H](C(C)C)N(C)C(=O)[C@@H](C(C)C)NC(=O)[C@@H]2C[C@@]3(O)c4cc(-c5ccc6c(c5)[C@]5(O)C[C@H]7C(=O)N[C@H](C(C)C)C(=O)N(C)[C@@H](C(C)C)C(=O)N8NC[C@H](O)C[C@@H]8C(=O)N[C@@H](CC(C)C)C(=O)N[C@H]([C@H](C)O)C(=O)N7[C@@H]5N6)ccc4N[C@H]3N2C(=O)[C@@H]([C@H](C)O)NC1=O. The topological polar surface area (TPSA) is 466 Å². The first-order chi connectivity index (χ1) is 50.5. The van der Waals surface area contributed by atoms with Crippen LogP contribution in [0, 0.1) is 35.5 Å². The van der Waals surface area contributed by atoms with Gasteiger partial charge in [0.25, 0.3) is 11.8 Å². The predicted octanol–water partition coefficient (Wildman–Crippen LogP) is -2.57. The van der Waals surface area contributed by atoms with Crippen molar-refractivity contribution in [3.05, 3.63) is 47.5 Å². The first-order valence-corrected chi connectivity index (χ1v) is 37.7. The number of likely N-dealkylation sites (N-methyl/N-ethyl adjacent to an activating group) is 2. The minimum Gasteiger partial charge on any atom is -0.392 e. The Morgan fingerprint density at radius 3 is 1.04 bits per heavy atom. The molecule has 10 rings (SSSR count). The molecule has 20 atom stereocenters. The van der Waals surface area contributed by atoms with Crippen molar-refractivity contribution >= 4 is 82.3 Å². The van der Waals surface area contributed by atoms with E-state index in [1.54, 1.807) is 119 Å². The summed E-state index contributed by atoms with van der Waals surface area (Å²) in [5.74, 6) is -13.5. The van der Waals surface area contributed by atoms with Crippen LogP contribution in [0.2, 0.25) is 0 Å². The van der Waals surface area contributed by atoms with Crippen molar-refractivity contribution in [2.75, 3.05) is 37.8 Å². The maximum absolute atomic E-state index is 15.6. The largest absolute Gasteiger partial charge is 0.392 e. The highest BCUT2D eigenvalue weighted by Crippen LogP contribution is 2.53. The average Bonchev–Trinajstić information content (AvgIpc) is 1.55. The fourth-order valence-corrected chi connectivity index (χ4v) is 16.7. The number of anilines is 2. The molecule has 34 nitrogen and oxygen atoms in total. The molecule has 8 aliphatic heterocycles. The third kappa shape index (κ3) is 15.5. The van der Waals surface area contributed by atoms with Crippen molar-refractivity contribution in [3.63, 3.8) is 0 Å². The summed E-state index contributed by atoms with van der Waals surface area (Å²) in [6.07, 6.45) is -10.3. The number of fused-ring (bicyclic) bond motifs is 12. The molecule has 0 bridgehead atoms. The van der Waals surface area contributed by atoms with E-state index in [9.17, 15) is 69.0 Å². The van der Waals surface area contributed by atoms with E-state index >= 15 is 19.2 Å². The van der Waals surface area contributed by atoms with E-state index < -0.39 is 228 Å². The minimum absolute atomic E-state index is 0.0179. The van der Waals surface area contributed by atoms with Crippen LogP contribution in [0.15, 0.2) is 36.4 Å². The summed E-state index contributed by atoms with van der Waals surface area (Å²) in [5, 5.41) is 96.6. The Hall–Kier alpha value is -8.64. The van der Waals surface area contributed by atoms with Gasteiger partial charge in [-0.15, -0.1) is 0 Å². The second-order valence-corrected chi connectivity index (χ2v) is 32.9. The molecule has 8 heterocycles. The van der Waals surface area contributed by atoms with Crippen molar-refractivity contribution in [1.82, 2.24) is 72.4 Å². The molecular weight excluding hydrogens is 1400 g/mol. The van der Waals surface area contributed by atoms with Gasteiger partial charge in [0.15, 0.2) is 0 Å². The standard InChI is InChI=1S/C74H110N16O18/c1-31(2)21-47-59(95)83-55(37(13)91)67(103)87-51(63(99)81-53(33(5)6)65(101)85(15)57(35(9)10)69(105)89-49(61(97)77-47)25-41(93)29-75-89)27-73(107)43-23-39(17-19-45(43)79-71(73)87)40-18-20-46-44(24-40)74(108)28-52-64(100)82-54(34(7)8)66(102)86(16)58(36(11)12)70(106)90-50(26-42(94)30-76-90)62(98)78-48(22-32(3)4)60(96)84-56(38(14)92)68(104)88(52)72(74)80-46/h17-20,23-24,31-38,41-42,47-58,71-72,75-76,79-80,91-94,107-108H,21-22,25-30H2,1-16H3,(H,77,97)(H,78,98)(H,81,99)(H,82,100)(H,83,95)(H,84,96)/t37-,38-,41+,42+,47-,48-,49+,50+,51-,52-,53+,54+,55+,56+,57-,58-,71-,72-,73+,74+/m0/s1. The molecule has 6 fully saturated rings. The summed E-state index contributed by atoms with van der Waals surface area (Å²) in [4.78, 5) is 185. The monoisotopic (exact) mass is 1510 g/mol. The molecule has 0 aromatic heterocycles. The van der Waals surface area contributed by atoms with E-state index in [0.717, 1.165) is 19.8 Å². The third-order valence-corrected chi connectivity index (χ3v) is 22.4. The van der Waals surface area contributed by atoms with Gasteiger partial charge in [-0.1, -0.05) is 95.2 Å². The van der Waals surface area contributed by atoms with Gasteiger partial charge in [-0.3, -0.25) is 67.6 Å². The van der Waals surface area contributed by atoms with Crippen molar-refractivity contribution in [1.29, 1.82) is 0 Å². The first-order valence-electron chi connectivity index (χ1n) is 37.7. The van der Waals surface area contributed by atoms with Crippen LogP contribution in [-0.4, -0.2) is 268 Å². The number of carbonyl (C=O) groups is 12. The maximum atomic E-state index is 15.6. The minimum atomic E-state index is -2.19. The molecule has 2 aromatic rings. The molecule has 6 saturated heterocycles. The second-order valence-electron chi connectivity index (χ2n) is 32.9. The average molecular weight is 1510 g/mol. The number of β-amino-alcohol motifs (C(OH)–C–C–N with tert-alkyl or cyclic N) is 2. The number of nitrogens with zero attached hydrogens (tertiary/aromatic N) is 6. The van der Waals surface area contributed by atoms with Crippen LogP contribution in [0.3, 0.4) is 0 Å². The van der Waals surface area contributed by atoms with Crippen LogP contribution in [0.25, 0.3) is 11.1 Å². The molecule has 2 aromatic carbocycles. The highest BCUT2D eigenvalue weighted by atomic mass is 16.3. The van der Waals surface area contributed by atoms with E-state index in [0.29, 0.717) is 11.1 Å². The molecule has 108 heavy (non-hydrogen) atoms. The van der Waals surface area contributed by atoms with Crippen molar-refractivity contribution in [2.24, 2.45) is 35.5 Å². The Kier molecular flexibility index (Phi) is 24.1. The second kappa shape index (κ2) is 31.8. The van der Waals surface area contributed by atoms with Gasteiger partial charge in [0.2, 0.25) is 59.1 Å². The number of rotatable bonds is 11. The molecule has 8 aliphatic rings. The fraction of sp³-hybridized carbons (Fsp3) is 0.676. The fourth-order valence-electron chi connectivity index (χ4n) is 16.7. The summed E-state index contributed by atoms with van der Waals surface area (Å²) < 4.78 is 0. The number of aliphatic hydroxyl groups is 6. The summed E-state index contributed by atoms with van der Waals surface area (Å²) in [7, 11) is 2.77. The summed E-state index contributed by atoms with van der Waals surface area (Å²) >= 11 is 0. The van der Waals surface area contributed by atoms with Gasteiger partial charge in [0.05, 0.1) is 24.4 Å². The third-order valence-electron chi connectivity index (χ3n) is 22.4. The van der Waals surface area contributed by atoms with Gasteiger partial charge in [0.1, 0.15) is 96.0 Å². The first kappa shape index (κ1) is 81.9. The van der Waals surface area contributed by atoms with Gasteiger partial charge in [-0.25, -0.2) is 10.9 Å². The van der Waals surface area contributed by atoms with Crippen LogP contribution in [0.1, 0.15) is 147 Å². The Morgan fingerprint density at radius 1 is 0.407 bits per heavy atom. The Bertz CT molecular complexity index is 3610. The van der Waals surface area contributed by atoms with Crippen LogP contribution < -0.4 is 53.4 Å². The zero-order valence-corrected chi connectivity index (χ0v) is 64.2. The van der Waals surface area contributed by atoms with Gasteiger partial charge < -0.3 is 92.8 Å². The molecule has 34 heteroatoms. The Balaban J connectivity index is 1.02. The molecule has 0 aliphatic carbocycles. The predicted molar refractivity (Wildman–Crippen MR) is 390 cm³/mol. The van der Waals surface area contributed by atoms with E-state index in [4.69, 9.17) is 0 Å². The van der Waals surface area contributed by atoms with Crippen molar-refractivity contribution in [2.45, 2.75) is 256 Å². The Labute approximate surface area is 628 Å². The Morgan fingerprint density at radius 2 is 0.731 bits per heavy atom. The highest BCUT2D eigenvalue weighted by Gasteiger charge is 2.64. The number of amides is 12. The number of hydrazine groups is 2. The van der Waals surface area contributed by atoms with Gasteiger partial charge in [-0.2, -0.15) is 0 Å². The lowest BCUT2D eigenvalue weighted by Crippen LogP contribution is -2.68. The van der Waals surface area contributed by atoms with Crippen LogP contribution >= 0.6 is 0 Å². The number of hydrogen-bond donors (Lipinski definition) is 16. The quantitative estimate of drug-likeness (QED) is 0.110. The maximum Gasteiger partial charge on any atom is 0.260 e. The number of carbonyl (C=O) groups excluding carboxylic acids is 12. The number of nitrogens with one attached hydrogen (secondary N) is 10. The van der Waals surface area contributed by atoms with Gasteiger partial charge >= 0.3 is 0 Å². The van der Waals surface area contributed by atoms with E-state index in [1.807, 2.05) is 0 Å². The smallest absolute Gasteiger partial charge is 0.260 e.